The van der Waals surface area contributed by atoms with Crippen LogP contribution in [0.2, 0.25) is 0 Å². The molecule has 0 spiro atoms. The number of H-pyrrole nitrogens is 1. The van der Waals surface area contributed by atoms with Gasteiger partial charge in [-0.2, -0.15) is 0 Å². The second-order valence-corrected chi connectivity index (χ2v) is 10.0. The average molecular weight is 555 g/mol. The summed E-state index contributed by atoms with van der Waals surface area (Å²) < 4.78 is 19.3. The number of hydrogen-bond donors (Lipinski definition) is 2. The van der Waals surface area contributed by atoms with E-state index < -0.39 is 23.7 Å². The van der Waals surface area contributed by atoms with Crippen LogP contribution in [-0.4, -0.2) is 64.7 Å². The SMILES string of the molecule is CCOC(=O)c1[nH]c2ccc(F)cc2c1NC(=O)CN1CCc2ccccc2[C@@H]1CN1C(=O)c2ccccc2C1=O. The van der Waals surface area contributed by atoms with E-state index in [-0.39, 0.29) is 42.9 Å². The van der Waals surface area contributed by atoms with Gasteiger partial charge in [0.25, 0.3) is 11.8 Å². The third-order valence-electron chi connectivity index (χ3n) is 7.61. The summed E-state index contributed by atoms with van der Waals surface area (Å²) in [5.74, 6) is -2.35. The fourth-order valence-electron chi connectivity index (χ4n) is 5.70. The highest BCUT2D eigenvalue weighted by molar-refractivity contribution is 6.21. The minimum absolute atomic E-state index is 0.0207. The molecule has 41 heavy (non-hydrogen) atoms. The van der Waals surface area contributed by atoms with Gasteiger partial charge in [-0.05, 0) is 54.8 Å². The largest absolute Gasteiger partial charge is 0.461 e. The van der Waals surface area contributed by atoms with Gasteiger partial charge in [-0.15, -0.1) is 0 Å². The van der Waals surface area contributed by atoms with Gasteiger partial charge in [-0.1, -0.05) is 36.4 Å². The van der Waals surface area contributed by atoms with Crippen molar-refractivity contribution in [2.45, 2.75) is 19.4 Å². The zero-order valence-electron chi connectivity index (χ0n) is 22.3. The van der Waals surface area contributed by atoms with Crippen LogP contribution in [0.4, 0.5) is 10.1 Å². The van der Waals surface area contributed by atoms with Crippen LogP contribution in [0.5, 0.6) is 0 Å². The van der Waals surface area contributed by atoms with Crippen LogP contribution in [0.25, 0.3) is 10.9 Å². The number of nitrogens with zero attached hydrogens (tertiary/aromatic N) is 2. The molecule has 2 aliphatic rings. The molecule has 9 nitrogen and oxygen atoms in total. The lowest BCUT2D eigenvalue weighted by Crippen LogP contribution is -2.46. The number of amides is 3. The number of aromatic nitrogens is 1. The van der Waals surface area contributed by atoms with Gasteiger partial charge in [-0.25, -0.2) is 9.18 Å². The molecule has 3 aromatic carbocycles. The quantitative estimate of drug-likeness (QED) is 0.260. The number of aromatic amines is 1. The molecule has 6 rings (SSSR count). The molecule has 0 bridgehead atoms. The summed E-state index contributed by atoms with van der Waals surface area (Å²) >= 11 is 0. The number of halogens is 1. The van der Waals surface area contributed by atoms with Gasteiger partial charge in [-0.3, -0.25) is 24.2 Å². The number of fused-ring (bicyclic) bond motifs is 3. The Morgan fingerprint density at radius 3 is 2.46 bits per heavy atom. The number of rotatable bonds is 7. The number of esters is 1. The number of ether oxygens (including phenoxy) is 1. The molecule has 208 valence electrons. The Morgan fingerprint density at radius 2 is 1.73 bits per heavy atom. The number of anilines is 1. The zero-order chi connectivity index (χ0) is 28.7. The number of carbonyl (C=O) groups excluding carboxylic acids is 4. The van der Waals surface area contributed by atoms with Crippen LogP contribution in [0.3, 0.4) is 0 Å². The fourth-order valence-corrected chi connectivity index (χ4v) is 5.70. The normalized spacial score (nSPS) is 16.5. The maximum atomic E-state index is 14.1. The Morgan fingerprint density at radius 1 is 1.02 bits per heavy atom. The molecule has 10 heteroatoms. The van der Waals surface area contributed by atoms with Crippen molar-refractivity contribution < 1.29 is 28.3 Å². The van der Waals surface area contributed by atoms with Gasteiger partial charge in [0.15, 0.2) is 0 Å². The average Bonchev–Trinajstić information content (AvgIpc) is 3.44. The van der Waals surface area contributed by atoms with E-state index >= 15 is 0 Å². The monoisotopic (exact) mass is 554 g/mol. The minimum Gasteiger partial charge on any atom is -0.461 e. The van der Waals surface area contributed by atoms with Crippen molar-refractivity contribution in [1.29, 1.82) is 0 Å². The van der Waals surface area contributed by atoms with Gasteiger partial charge in [0, 0.05) is 24.0 Å². The highest BCUT2D eigenvalue weighted by Crippen LogP contribution is 2.34. The summed E-state index contributed by atoms with van der Waals surface area (Å²) in [5.41, 5.74) is 3.38. The molecule has 2 aliphatic heterocycles. The van der Waals surface area contributed by atoms with Gasteiger partial charge in [0.05, 0.1) is 36.0 Å². The summed E-state index contributed by atoms with van der Waals surface area (Å²) in [6.07, 6.45) is 0.675. The molecular weight excluding hydrogens is 527 g/mol. The predicted molar refractivity (Wildman–Crippen MR) is 149 cm³/mol. The molecule has 3 amide bonds. The first-order chi connectivity index (χ1) is 19.9. The molecule has 0 fully saturated rings. The van der Waals surface area contributed by atoms with E-state index in [0.717, 1.165) is 11.1 Å². The van der Waals surface area contributed by atoms with Crippen LogP contribution in [0, 0.1) is 5.82 Å². The fraction of sp³-hybridized carbons (Fsp3) is 0.226. The predicted octanol–water partition coefficient (Wildman–Crippen LogP) is 4.32. The lowest BCUT2D eigenvalue weighted by atomic mass is 9.92. The summed E-state index contributed by atoms with van der Waals surface area (Å²) in [6, 6.07) is 18.1. The van der Waals surface area contributed by atoms with E-state index in [0.29, 0.717) is 35.0 Å². The summed E-state index contributed by atoms with van der Waals surface area (Å²) in [5, 5.41) is 3.13. The molecule has 1 atom stereocenters. The van der Waals surface area contributed by atoms with Gasteiger partial charge < -0.3 is 15.0 Å². The summed E-state index contributed by atoms with van der Waals surface area (Å²) in [6.45, 7) is 2.28. The molecule has 0 aliphatic carbocycles. The van der Waals surface area contributed by atoms with Crippen LogP contribution in [0.15, 0.2) is 66.7 Å². The molecule has 0 unspecified atom stereocenters. The number of hydrogen-bond acceptors (Lipinski definition) is 6. The van der Waals surface area contributed by atoms with Crippen molar-refractivity contribution in [3.63, 3.8) is 0 Å². The third kappa shape index (κ3) is 4.76. The minimum atomic E-state index is -0.671. The van der Waals surface area contributed by atoms with E-state index in [4.69, 9.17) is 4.74 Å². The van der Waals surface area contributed by atoms with Gasteiger partial charge >= 0.3 is 5.97 Å². The van der Waals surface area contributed by atoms with Crippen LogP contribution >= 0.6 is 0 Å². The van der Waals surface area contributed by atoms with Crippen LogP contribution in [0.1, 0.15) is 55.3 Å². The molecule has 0 saturated carbocycles. The molecule has 0 saturated heterocycles. The van der Waals surface area contributed by atoms with Crippen molar-refractivity contribution in [3.05, 3.63) is 100 Å². The molecule has 1 aromatic heterocycles. The third-order valence-corrected chi connectivity index (χ3v) is 7.61. The maximum absolute atomic E-state index is 14.1. The number of imide groups is 1. The Balaban J connectivity index is 1.29. The van der Waals surface area contributed by atoms with E-state index in [1.165, 1.54) is 23.1 Å². The van der Waals surface area contributed by atoms with Crippen LogP contribution in [-0.2, 0) is 16.0 Å². The summed E-state index contributed by atoms with van der Waals surface area (Å²) in [7, 11) is 0. The van der Waals surface area contributed by atoms with Gasteiger partial charge in [0.2, 0.25) is 5.91 Å². The zero-order valence-corrected chi connectivity index (χ0v) is 22.3. The van der Waals surface area contributed by atoms with Crippen molar-refractivity contribution in [2.75, 3.05) is 31.6 Å². The Hall–Kier alpha value is -4.83. The lowest BCUT2D eigenvalue weighted by molar-refractivity contribution is -0.118. The first-order valence-electron chi connectivity index (χ1n) is 13.4. The summed E-state index contributed by atoms with van der Waals surface area (Å²) in [4.78, 5) is 58.6. The van der Waals surface area contributed by atoms with E-state index in [1.807, 2.05) is 29.2 Å². The van der Waals surface area contributed by atoms with Gasteiger partial charge in [0.1, 0.15) is 11.5 Å². The molecule has 0 radical (unpaired) electrons. The highest BCUT2D eigenvalue weighted by Gasteiger charge is 2.39. The first-order valence-corrected chi connectivity index (χ1v) is 13.4. The highest BCUT2D eigenvalue weighted by atomic mass is 19.1. The van der Waals surface area contributed by atoms with Crippen LogP contribution < -0.4 is 5.32 Å². The standard InChI is InChI=1S/C31H27FN4O5/c1-2-41-31(40)28-27(23-15-19(32)11-12-24(23)33-28)34-26(37)17-35-14-13-18-7-3-4-8-20(18)25(35)16-36-29(38)21-9-5-6-10-22(21)30(36)39/h3-12,15,25,33H,2,13-14,16-17H2,1H3,(H,34,37)/t25-/m0/s1. The Kier molecular flexibility index (Phi) is 6.84. The second kappa shape index (κ2) is 10.6. The second-order valence-electron chi connectivity index (χ2n) is 10.0. The molecule has 2 N–H and O–H groups in total. The first kappa shape index (κ1) is 26.4. The van der Waals surface area contributed by atoms with E-state index in [2.05, 4.69) is 10.3 Å². The Bertz CT molecular complexity index is 1680. The topological polar surface area (TPSA) is 112 Å². The molecule has 4 aromatic rings. The van der Waals surface area contributed by atoms with Crippen molar-refractivity contribution in [1.82, 2.24) is 14.8 Å². The maximum Gasteiger partial charge on any atom is 0.356 e. The van der Waals surface area contributed by atoms with Crippen molar-refractivity contribution in [2.24, 2.45) is 0 Å². The molecular formula is C31H27FN4O5. The molecule has 3 heterocycles. The van der Waals surface area contributed by atoms with E-state index in [9.17, 15) is 23.6 Å². The number of carbonyl (C=O) groups is 4. The lowest BCUT2D eigenvalue weighted by Gasteiger charge is -2.38. The number of benzene rings is 3. The Labute approximate surface area is 234 Å². The number of nitrogens with one attached hydrogen (secondary N) is 2. The van der Waals surface area contributed by atoms with Crippen molar-refractivity contribution >= 4 is 40.3 Å². The van der Waals surface area contributed by atoms with E-state index in [1.54, 1.807) is 31.2 Å². The smallest absolute Gasteiger partial charge is 0.356 e. The van der Waals surface area contributed by atoms with Crippen molar-refractivity contribution in [3.8, 4) is 0 Å².